The van der Waals surface area contributed by atoms with Gasteiger partial charge in [0.25, 0.3) is 0 Å². The smallest absolute Gasteiger partial charge is 0.189 e. The first-order chi connectivity index (χ1) is 6.50. The fourth-order valence-electron chi connectivity index (χ4n) is 1.29. The fourth-order valence-corrected chi connectivity index (χ4v) is 1.29. The van der Waals surface area contributed by atoms with E-state index in [9.17, 15) is 0 Å². The van der Waals surface area contributed by atoms with Gasteiger partial charge in [0.05, 0.1) is 6.61 Å². The van der Waals surface area contributed by atoms with Crippen LogP contribution in [0.25, 0.3) is 0 Å². The average Bonchev–Trinajstić information content (AvgIpc) is 2.15. The van der Waals surface area contributed by atoms with Crippen molar-refractivity contribution in [3.8, 4) is 0 Å². The highest BCUT2D eigenvalue weighted by Crippen LogP contribution is 2.28. The molecular formula is C12H25NO. The molecule has 0 unspecified atom stereocenters. The average molecular weight is 199 g/mol. The molecule has 0 heterocycles. The maximum absolute atomic E-state index is 5.65. The van der Waals surface area contributed by atoms with Crippen molar-refractivity contribution < 1.29 is 4.74 Å². The van der Waals surface area contributed by atoms with Crippen LogP contribution in [0.3, 0.4) is 0 Å². The minimum Gasteiger partial charge on any atom is -0.481 e. The third-order valence-electron chi connectivity index (χ3n) is 2.73. The van der Waals surface area contributed by atoms with Crippen molar-refractivity contribution in [2.24, 2.45) is 10.4 Å². The second-order valence-electron chi connectivity index (χ2n) is 4.23. The van der Waals surface area contributed by atoms with Crippen LogP contribution < -0.4 is 0 Å². The van der Waals surface area contributed by atoms with Crippen LogP contribution in [0.1, 0.15) is 54.4 Å². The quantitative estimate of drug-likeness (QED) is 0.489. The number of ether oxygens (including phenoxy) is 1. The summed E-state index contributed by atoms with van der Waals surface area (Å²) in [4.78, 5) is 4.57. The Balaban J connectivity index is 4.78. The molecule has 0 fully saturated rings. The molecule has 2 heteroatoms. The van der Waals surface area contributed by atoms with Gasteiger partial charge in [-0.1, -0.05) is 20.8 Å². The van der Waals surface area contributed by atoms with Crippen LogP contribution in [-0.2, 0) is 4.74 Å². The molecule has 0 radical (unpaired) electrons. The molecule has 0 aromatic heterocycles. The Morgan fingerprint density at radius 1 is 1.21 bits per heavy atom. The zero-order valence-electron chi connectivity index (χ0n) is 10.6. The molecule has 0 N–H and O–H groups in total. The monoisotopic (exact) mass is 199 g/mol. The molecule has 0 spiro atoms. The van der Waals surface area contributed by atoms with Gasteiger partial charge in [-0.3, -0.25) is 4.99 Å². The molecule has 0 bridgehead atoms. The van der Waals surface area contributed by atoms with E-state index in [2.05, 4.69) is 39.6 Å². The summed E-state index contributed by atoms with van der Waals surface area (Å²) in [6, 6.07) is 0.314. The highest BCUT2D eigenvalue weighted by atomic mass is 16.5. The minimum absolute atomic E-state index is 0.111. The topological polar surface area (TPSA) is 21.6 Å². The SMILES string of the molecule is CCOC(=NC(C)C)C(C)(CC)CC. The summed E-state index contributed by atoms with van der Waals surface area (Å²) in [5.74, 6) is 0.931. The van der Waals surface area contributed by atoms with Crippen LogP contribution in [0.2, 0.25) is 0 Å². The van der Waals surface area contributed by atoms with Crippen LogP contribution in [0.15, 0.2) is 4.99 Å². The van der Waals surface area contributed by atoms with Crippen LogP contribution in [0.4, 0.5) is 0 Å². The van der Waals surface area contributed by atoms with Gasteiger partial charge in [0.1, 0.15) is 0 Å². The van der Waals surface area contributed by atoms with Crippen molar-refractivity contribution in [1.82, 2.24) is 0 Å². The van der Waals surface area contributed by atoms with Crippen molar-refractivity contribution in [3.63, 3.8) is 0 Å². The normalized spacial score (nSPS) is 13.5. The van der Waals surface area contributed by atoms with E-state index < -0.39 is 0 Å². The van der Waals surface area contributed by atoms with E-state index in [4.69, 9.17) is 4.74 Å². The molecule has 0 aliphatic heterocycles. The van der Waals surface area contributed by atoms with Gasteiger partial charge in [0.2, 0.25) is 0 Å². The van der Waals surface area contributed by atoms with Crippen molar-refractivity contribution >= 4 is 5.90 Å². The molecule has 0 aromatic rings. The number of hydrogen-bond donors (Lipinski definition) is 0. The Hall–Kier alpha value is -0.530. The van der Waals surface area contributed by atoms with Gasteiger partial charge in [-0.25, -0.2) is 0 Å². The maximum atomic E-state index is 5.65. The lowest BCUT2D eigenvalue weighted by Gasteiger charge is -2.28. The first-order valence-electron chi connectivity index (χ1n) is 5.71. The van der Waals surface area contributed by atoms with Gasteiger partial charge in [-0.05, 0) is 33.6 Å². The summed E-state index contributed by atoms with van der Waals surface area (Å²) in [6.45, 7) is 13.5. The van der Waals surface area contributed by atoms with Crippen LogP contribution in [0.5, 0.6) is 0 Å². The summed E-state index contributed by atoms with van der Waals surface area (Å²) in [6.07, 6.45) is 2.16. The molecule has 2 nitrogen and oxygen atoms in total. The maximum Gasteiger partial charge on any atom is 0.189 e. The highest BCUT2D eigenvalue weighted by molar-refractivity contribution is 5.82. The summed E-state index contributed by atoms with van der Waals surface area (Å²) >= 11 is 0. The molecule has 0 atom stereocenters. The zero-order chi connectivity index (χ0) is 11.2. The lowest BCUT2D eigenvalue weighted by molar-refractivity contribution is 0.250. The van der Waals surface area contributed by atoms with Gasteiger partial charge in [0, 0.05) is 11.5 Å². The summed E-state index contributed by atoms with van der Waals surface area (Å²) < 4.78 is 5.65. The Morgan fingerprint density at radius 3 is 2.00 bits per heavy atom. The largest absolute Gasteiger partial charge is 0.481 e. The van der Waals surface area contributed by atoms with Gasteiger partial charge in [-0.2, -0.15) is 0 Å². The molecule has 0 aromatic carbocycles. The minimum atomic E-state index is 0.111. The second-order valence-corrected chi connectivity index (χ2v) is 4.23. The Labute approximate surface area is 88.8 Å². The second kappa shape index (κ2) is 6.05. The molecule has 0 aliphatic rings. The van der Waals surface area contributed by atoms with Crippen LogP contribution >= 0.6 is 0 Å². The van der Waals surface area contributed by atoms with E-state index in [1.165, 1.54) is 0 Å². The van der Waals surface area contributed by atoms with Crippen molar-refractivity contribution in [2.45, 2.75) is 60.4 Å². The Bertz CT molecular complexity index is 181. The van der Waals surface area contributed by atoms with Crippen LogP contribution in [0, 0.1) is 5.41 Å². The predicted molar refractivity (Wildman–Crippen MR) is 62.9 cm³/mol. The first-order valence-corrected chi connectivity index (χ1v) is 5.71. The summed E-state index contributed by atoms with van der Waals surface area (Å²) in [7, 11) is 0. The third-order valence-corrected chi connectivity index (χ3v) is 2.73. The van der Waals surface area contributed by atoms with E-state index in [0.29, 0.717) is 12.6 Å². The van der Waals surface area contributed by atoms with Crippen molar-refractivity contribution in [1.29, 1.82) is 0 Å². The van der Waals surface area contributed by atoms with Crippen LogP contribution in [-0.4, -0.2) is 18.5 Å². The number of hydrogen-bond acceptors (Lipinski definition) is 2. The molecule has 0 amide bonds. The van der Waals surface area contributed by atoms with Gasteiger partial charge in [0.15, 0.2) is 5.90 Å². The predicted octanol–water partition coefficient (Wildman–Crippen LogP) is 3.66. The first kappa shape index (κ1) is 13.5. The van der Waals surface area contributed by atoms with E-state index >= 15 is 0 Å². The Morgan fingerprint density at radius 2 is 1.71 bits per heavy atom. The lowest BCUT2D eigenvalue weighted by atomic mass is 9.84. The zero-order valence-corrected chi connectivity index (χ0v) is 10.6. The van der Waals surface area contributed by atoms with E-state index in [1.54, 1.807) is 0 Å². The number of aliphatic imine (C=N–C) groups is 1. The summed E-state index contributed by atoms with van der Waals surface area (Å²) in [5, 5.41) is 0. The number of rotatable bonds is 5. The van der Waals surface area contributed by atoms with E-state index in [-0.39, 0.29) is 5.41 Å². The Kier molecular flexibility index (Phi) is 5.82. The fraction of sp³-hybridized carbons (Fsp3) is 0.917. The third kappa shape index (κ3) is 3.69. The van der Waals surface area contributed by atoms with Gasteiger partial charge < -0.3 is 4.74 Å². The summed E-state index contributed by atoms with van der Waals surface area (Å²) in [5.41, 5.74) is 0.111. The van der Waals surface area contributed by atoms with E-state index in [0.717, 1.165) is 18.7 Å². The molecule has 0 saturated heterocycles. The van der Waals surface area contributed by atoms with Gasteiger partial charge >= 0.3 is 0 Å². The molecule has 84 valence electrons. The lowest BCUT2D eigenvalue weighted by Crippen LogP contribution is -2.29. The molecule has 0 saturated carbocycles. The highest BCUT2D eigenvalue weighted by Gasteiger charge is 2.28. The van der Waals surface area contributed by atoms with Crippen molar-refractivity contribution in [3.05, 3.63) is 0 Å². The van der Waals surface area contributed by atoms with Gasteiger partial charge in [-0.15, -0.1) is 0 Å². The molecule has 0 aliphatic carbocycles. The molecule has 0 rings (SSSR count). The van der Waals surface area contributed by atoms with Crippen molar-refractivity contribution in [2.75, 3.05) is 6.61 Å². The molecular weight excluding hydrogens is 174 g/mol. The number of nitrogens with zero attached hydrogens (tertiary/aromatic N) is 1. The van der Waals surface area contributed by atoms with E-state index in [1.807, 2.05) is 6.92 Å². The molecule has 14 heavy (non-hydrogen) atoms. The standard InChI is InChI=1S/C12H25NO/c1-7-12(6,8-2)11(14-9-3)13-10(4)5/h10H,7-9H2,1-6H3.